The van der Waals surface area contributed by atoms with Gasteiger partial charge in [0.2, 0.25) is 5.88 Å². The number of hydrogen-bond acceptors (Lipinski definition) is 8. The molecule has 1 aliphatic heterocycles. The largest absolute Gasteiger partial charge is 0.474 e. The van der Waals surface area contributed by atoms with Crippen LogP contribution in [0.2, 0.25) is 0 Å². The Morgan fingerprint density at radius 1 is 1.17 bits per heavy atom. The number of aromatic nitrogens is 6. The first-order chi connectivity index (χ1) is 19.9. The number of nitrogens with zero attached hydrogens (tertiary/aromatic N) is 7. The Balaban J connectivity index is 1.10. The summed E-state index contributed by atoms with van der Waals surface area (Å²) in [7, 11) is 0. The molecule has 220 valence electrons. The van der Waals surface area contributed by atoms with Crippen molar-refractivity contribution in [1.29, 1.82) is 5.26 Å². The molecule has 0 radical (unpaired) electrons. The second kappa shape index (κ2) is 10.4. The molecule has 42 heavy (non-hydrogen) atoms. The average Bonchev–Trinajstić information content (AvgIpc) is 3.60. The summed E-state index contributed by atoms with van der Waals surface area (Å²) in [4.78, 5) is 17.8. The summed E-state index contributed by atoms with van der Waals surface area (Å²) in [5.74, 6) is -0.127. The van der Waals surface area contributed by atoms with Crippen LogP contribution in [-0.2, 0) is 17.3 Å². The van der Waals surface area contributed by atoms with Gasteiger partial charge in [-0.05, 0) is 57.2 Å². The Morgan fingerprint density at radius 2 is 1.93 bits per heavy atom. The summed E-state index contributed by atoms with van der Waals surface area (Å²) >= 11 is 0. The van der Waals surface area contributed by atoms with Gasteiger partial charge >= 0.3 is 6.18 Å². The molecule has 0 amide bonds. The number of halogens is 3. The summed E-state index contributed by atoms with van der Waals surface area (Å²) in [6.45, 7) is 4.20. The van der Waals surface area contributed by atoms with Crippen LogP contribution in [0.4, 0.5) is 13.2 Å². The minimum atomic E-state index is -4.65. The Hall–Kier alpha value is -4.02. The van der Waals surface area contributed by atoms with Crippen LogP contribution in [-0.4, -0.2) is 65.0 Å². The first kappa shape index (κ1) is 28.1. The van der Waals surface area contributed by atoms with Gasteiger partial charge in [-0.25, -0.2) is 15.0 Å². The molecule has 1 aliphatic carbocycles. The van der Waals surface area contributed by atoms with Crippen molar-refractivity contribution in [3.63, 3.8) is 0 Å². The summed E-state index contributed by atoms with van der Waals surface area (Å²) in [5, 5.41) is 25.5. The topological polar surface area (TPSA) is 129 Å². The molecule has 4 aromatic heterocycles. The van der Waals surface area contributed by atoms with Crippen molar-refractivity contribution in [1.82, 2.24) is 34.6 Å². The van der Waals surface area contributed by atoms with Crippen LogP contribution in [0.1, 0.15) is 57.2 Å². The molecule has 2 N–H and O–H groups in total. The predicted octanol–water partition coefficient (Wildman–Crippen LogP) is 4.78. The number of aromatic amines is 1. The van der Waals surface area contributed by atoms with Crippen LogP contribution in [0, 0.1) is 11.3 Å². The molecule has 0 bridgehead atoms. The molecule has 2 fully saturated rings. The number of aliphatic hydroxyl groups is 1. The SMILES string of the molecule is CC(C)(O)c1cc(OC2CCC(N3CC(CC#N)(n4cc(-c5ncnc6[nH]ccc56)cn4)C3)CC2)nc(C(F)(F)F)c1. The predicted molar refractivity (Wildman–Crippen MR) is 146 cm³/mol. The molecule has 13 heteroatoms. The molecular weight excluding hydrogens is 549 g/mol. The van der Waals surface area contributed by atoms with E-state index in [1.165, 1.54) is 26.2 Å². The van der Waals surface area contributed by atoms with Crippen molar-refractivity contribution >= 4 is 11.0 Å². The van der Waals surface area contributed by atoms with Gasteiger partial charge in [0.25, 0.3) is 0 Å². The third-order valence-electron chi connectivity index (χ3n) is 8.35. The molecule has 0 aromatic carbocycles. The fraction of sp³-hybridized carbons (Fsp3) is 0.483. The zero-order valence-electron chi connectivity index (χ0n) is 23.3. The van der Waals surface area contributed by atoms with Gasteiger partial charge < -0.3 is 14.8 Å². The van der Waals surface area contributed by atoms with E-state index in [2.05, 4.69) is 36.0 Å². The monoisotopic (exact) mass is 580 g/mol. The number of fused-ring (bicyclic) bond motifs is 1. The van der Waals surface area contributed by atoms with Gasteiger partial charge in [-0.2, -0.15) is 23.5 Å². The number of alkyl halides is 3. The van der Waals surface area contributed by atoms with Gasteiger partial charge in [0, 0.05) is 48.5 Å². The number of rotatable bonds is 7. The quantitative estimate of drug-likeness (QED) is 0.320. The molecule has 1 saturated carbocycles. The van der Waals surface area contributed by atoms with Crippen LogP contribution in [0.15, 0.2) is 43.1 Å². The van der Waals surface area contributed by atoms with Crippen LogP contribution in [0.25, 0.3) is 22.3 Å². The molecule has 0 unspecified atom stereocenters. The number of ether oxygens (including phenoxy) is 1. The first-order valence-electron chi connectivity index (χ1n) is 13.9. The lowest BCUT2D eigenvalue weighted by Crippen LogP contribution is -2.65. The lowest BCUT2D eigenvalue weighted by atomic mass is 9.82. The van der Waals surface area contributed by atoms with Crippen molar-refractivity contribution in [2.75, 3.05) is 13.1 Å². The summed E-state index contributed by atoms with van der Waals surface area (Å²) in [6, 6.07) is 6.77. The Morgan fingerprint density at radius 3 is 2.62 bits per heavy atom. The van der Waals surface area contributed by atoms with E-state index in [1.807, 2.05) is 23.1 Å². The number of hydrogen-bond donors (Lipinski definition) is 2. The van der Waals surface area contributed by atoms with Crippen molar-refractivity contribution in [2.45, 2.75) is 75.4 Å². The summed E-state index contributed by atoms with van der Waals surface area (Å²) in [5.41, 5.74) is -0.521. The van der Waals surface area contributed by atoms with Gasteiger partial charge in [0.05, 0.1) is 30.0 Å². The maximum atomic E-state index is 13.4. The smallest absolute Gasteiger partial charge is 0.433 e. The van der Waals surface area contributed by atoms with E-state index in [0.29, 0.717) is 32.4 Å². The lowest BCUT2D eigenvalue weighted by molar-refractivity contribution is -0.141. The van der Waals surface area contributed by atoms with Crippen molar-refractivity contribution in [2.24, 2.45) is 0 Å². The summed E-state index contributed by atoms with van der Waals surface area (Å²) in [6.07, 6.45) is 5.37. The zero-order chi connectivity index (χ0) is 29.7. The van der Waals surface area contributed by atoms with Gasteiger partial charge in [0.15, 0.2) is 0 Å². The van der Waals surface area contributed by atoms with E-state index in [9.17, 15) is 23.5 Å². The van der Waals surface area contributed by atoms with Gasteiger partial charge in [-0.15, -0.1) is 0 Å². The highest BCUT2D eigenvalue weighted by atomic mass is 19.4. The number of nitriles is 1. The highest BCUT2D eigenvalue weighted by molar-refractivity contribution is 5.90. The van der Waals surface area contributed by atoms with Crippen LogP contribution in [0.5, 0.6) is 5.88 Å². The lowest BCUT2D eigenvalue weighted by Gasteiger charge is -2.53. The van der Waals surface area contributed by atoms with E-state index in [0.717, 1.165) is 41.2 Å². The Kier molecular flexibility index (Phi) is 6.93. The van der Waals surface area contributed by atoms with Crippen LogP contribution < -0.4 is 4.74 Å². The maximum absolute atomic E-state index is 13.4. The molecule has 4 aromatic rings. The van der Waals surface area contributed by atoms with E-state index in [1.54, 1.807) is 6.20 Å². The van der Waals surface area contributed by atoms with Gasteiger partial charge in [-0.1, -0.05) is 0 Å². The highest BCUT2D eigenvalue weighted by Crippen LogP contribution is 2.39. The molecule has 5 heterocycles. The summed E-state index contributed by atoms with van der Waals surface area (Å²) < 4.78 is 48.1. The highest BCUT2D eigenvalue weighted by Gasteiger charge is 2.48. The number of pyridine rings is 1. The van der Waals surface area contributed by atoms with E-state index in [4.69, 9.17) is 4.74 Å². The number of nitrogens with one attached hydrogen (secondary N) is 1. The van der Waals surface area contributed by atoms with Crippen LogP contribution >= 0.6 is 0 Å². The minimum absolute atomic E-state index is 0.0990. The van der Waals surface area contributed by atoms with E-state index < -0.39 is 23.0 Å². The first-order valence-corrected chi connectivity index (χ1v) is 13.9. The standard InChI is InChI=1S/C29H31F3N8O2/c1-27(2,41)19-11-23(29(30,31)32)38-24(12-19)42-21-5-3-20(4-6-21)39-15-28(16-39,8-9-33)40-14-18(13-37-40)25-22-7-10-34-26(22)36-17-35-25/h7,10-14,17,20-21,41H,3-6,8,15-16H2,1-2H3,(H,34,35,36). The molecular formula is C29H31F3N8O2. The third-order valence-corrected chi connectivity index (χ3v) is 8.35. The van der Waals surface area contributed by atoms with Crippen molar-refractivity contribution in [3.8, 4) is 23.2 Å². The van der Waals surface area contributed by atoms with Gasteiger partial charge in [0.1, 0.15) is 29.3 Å². The molecule has 2 aliphatic rings. The normalized spacial score (nSPS) is 21.2. The van der Waals surface area contributed by atoms with E-state index >= 15 is 0 Å². The fourth-order valence-electron chi connectivity index (χ4n) is 6.02. The fourth-order valence-corrected chi connectivity index (χ4v) is 6.02. The Labute approximate surface area is 240 Å². The Bertz CT molecular complexity index is 1590. The molecule has 1 saturated heterocycles. The number of H-pyrrole nitrogens is 1. The number of likely N-dealkylation sites (tertiary alicyclic amines) is 1. The van der Waals surface area contributed by atoms with Crippen molar-refractivity contribution < 1.29 is 23.0 Å². The molecule has 10 nitrogen and oxygen atoms in total. The second-order valence-electron chi connectivity index (χ2n) is 11.8. The second-order valence-corrected chi connectivity index (χ2v) is 11.8. The van der Waals surface area contributed by atoms with Gasteiger partial charge in [-0.3, -0.25) is 9.58 Å². The van der Waals surface area contributed by atoms with Crippen LogP contribution in [0.3, 0.4) is 0 Å². The maximum Gasteiger partial charge on any atom is 0.433 e. The molecule has 0 atom stereocenters. The molecule has 0 spiro atoms. The minimum Gasteiger partial charge on any atom is -0.474 e. The average molecular weight is 581 g/mol. The third kappa shape index (κ3) is 5.32. The molecule has 6 rings (SSSR count). The zero-order valence-corrected chi connectivity index (χ0v) is 23.3. The van der Waals surface area contributed by atoms with Crippen molar-refractivity contribution in [3.05, 3.63) is 54.4 Å². The van der Waals surface area contributed by atoms with E-state index in [-0.39, 0.29) is 23.6 Å².